The Morgan fingerprint density at radius 1 is 1.27 bits per heavy atom. The predicted molar refractivity (Wildman–Crippen MR) is 99.8 cm³/mol. The van der Waals surface area contributed by atoms with Gasteiger partial charge in [0.25, 0.3) is 0 Å². The third-order valence-electron chi connectivity index (χ3n) is 5.21. The molecule has 3 rings (SSSR count). The first-order valence-electron chi connectivity index (χ1n) is 9.43. The van der Waals surface area contributed by atoms with Gasteiger partial charge < -0.3 is 5.11 Å². The van der Waals surface area contributed by atoms with Crippen molar-refractivity contribution in [1.82, 2.24) is 19.7 Å². The fourth-order valence-corrected chi connectivity index (χ4v) is 3.67. The summed E-state index contributed by atoms with van der Waals surface area (Å²) < 4.78 is 1.87. The number of carbonyl (C=O) groups is 1. The smallest absolute Gasteiger partial charge is 0.325 e. The molecule has 1 N–H and O–H groups in total. The van der Waals surface area contributed by atoms with E-state index in [1.54, 1.807) is 6.20 Å². The Morgan fingerprint density at radius 3 is 2.58 bits per heavy atom. The molecule has 0 aliphatic carbocycles. The van der Waals surface area contributed by atoms with E-state index in [1.165, 1.54) is 5.56 Å². The van der Waals surface area contributed by atoms with Gasteiger partial charge in [-0.15, -0.1) is 0 Å². The quantitative estimate of drug-likeness (QED) is 0.824. The Labute approximate surface area is 154 Å². The Hall–Kier alpha value is -2.21. The summed E-state index contributed by atoms with van der Waals surface area (Å²) in [5, 5.41) is 14.2. The molecule has 1 aliphatic rings. The van der Waals surface area contributed by atoms with Crippen molar-refractivity contribution in [3.05, 3.63) is 48.0 Å². The molecule has 26 heavy (non-hydrogen) atoms. The highest BCUT2D eigenvalue weighted by Gasteiger charge is 2.32. The van der Waals surface area contributed by atoms with Crippen molar-refractivity contribution in [3.8, 4) is 0 Å². The van der Waals surface area contributed by atoms with Crippen molar-refractivity contribution in [2.75, 3.05) is 13.1 Å². The maximum atomic E-state index is 11.9. The fourth-order valence-electron chi connectivity index (χ4n) is 3.67. The number of nitrogens with zero attached hydrogens (tertiary/aromatic N) is 4. The van der Waals surface area contributed by atoms with Crippen molar-refractivity contribution in [2.45, 2.75) is 51.6 Å². The Kier molecular flexibility index (Phi) is 6.04. The molecule has 1 fully saturated rings. The van der Waals surface area contributed by atoms with Gasteiger partial charge in [-0.2, -0.15) is 5.10 Å². The maximum Gasteiger partial charge on any atom is 0.325 e. The molecule has 6 heteroatoms. The van der Waals surface area contributed by atoms with Crippen LogP contribution in [0.2, 0.25) is 0 Å². The normalized spacial score (nSPS) is 17.5. The first kappa shape index (κ1) is 18.6. The standard InChI is InChI=1S/C20H28N4O2/c1-15(2)5-12-24-14-18(13-22-24)19(20(25)26)23-10-6-17(7-11-23)16-3-8-21-9-4-16/h3-4,8-9,13-15,17,19H,5-7,10-12H2,1-2H3,(H,25,26)/t19-/m0/s1. The molecule has 0 radical (unpaired) electrons. The molecule has 0 amide bonds. The van der Waals surface area contributed by atoms with E-state index in [0.717, 1.165) is 44.5 Å². The van der Waals surface area contributed by atoms with Crippen LogP contribution >= 0.6 is 0 Å². The van der Waals surface area contributed by atoms with Gasteiger partial charge in [0.05, 0.1) is 6.20 Å². The summed E-state index contributed by atoms with van der Waals surface area (Å²) in [5.74, 6) is 0.290. The number of rotatable bonds is 7. The zero-order valence-electron chi connectivity index (χ0n) is 15.6. The van der Waals surface area contributed by atoms with Gasteiger partial charge in [0.1, 0.15) is 6.04 Å². The van der Waals surface area contributed by atoms with Gasteiger partial charge in [-0.1, -0.05) is 13.8 Å². The van der Waals surface area contributed by atoms with Gasteiger partial charge in [-0.25, -0.2) is 0 Å². The Balaban J connectivity index is 1.65. The number of piperidine rings is 1. The van der Waals surface area contributed by atoms with Crippen LogP contribution in [0.15, 0.2) is 36.9 Å². The lowest BCUT2D eigenvalue weighted by Crippen LogP contribution is -2.39. The molecule has 1 atom stereocenters. The lowest BCUT2D eigenvalue weighted by atomic mass is 9.89. The van der Waals surface area contributed by atoms with Crippen LogP contribution < -0.4 is 0 Å². The summed E-state index contributed by atoms with van der Waals surface area (Å²) in [5.41, 5.74) is 2.08. The van der Waals surface area contributed by atoms with Crippen molar-refractivity contribution >= 4 is 5.97 Å². The van der Waals surface area contributed by atoms with Crippen molar-refractivity contribution < 1.29 is 9.90 Å². The molecule has 0 bridgehead atoms. The van der Waals surface area contributed by atoms with E-state index in [9.17, 15) is 9.90 Å². The summed E-state index contributed by atoms with van der Waals surface area (Å²) in [6.07, 6.45) is 10.2. The Bertz CT molecular complexity index is 706. The summed E-state index contributed by atoms with van der Waals surface area (Å²) in [4.78, 5) is 18.1. The van der Waals surface area contributed by atoms with E-state index in [0.29, 0.717) is 11.8 Å². The molecule has 3 heterocycles. The van der Waals surface area contributed by atoms with Gasteiger partial charge >= 0.3 is 5.97 Å². The van der Waals surface area contributed by atoms with Gasteiger partial charge in [-0.3, -0.25) is 19.4 Å². The highest BCUT2D eigenvalue weighted by molar-refractivity contribution is 5.75. The van der Waals surface area contributed by atoms with E-state index in [1.807, 2.05) is 23.3 Å². The third kappa shape index (κ3) is 4.49. The summed E-state index contributed by atoms with van der Waals surface area (Å²) in [6.45, 7) is 6.74. The Morgan fingerprint density at radius 2 is 1.96 bits per heavy atom. The van der Waals surface area contributed by atoms with Crippen molar-refractivity contribution in [2.24, 2.45) is 5.92 Å². The molecule has 2 aromatic heterocycles. The van der Waals surface area contributed by atoms with Crippen LogP contribution in [0.3, 0.4) is 0 Å². The number of likely N-dealkylation sites (tertiary alicyclic amines) is 1. The van der Waals surface area contributed by atoms with Crippen molar-refractivity contribution in [1.29, 1.82) is 0 Å². The van der Waals surface area contributed by atoms with Gasteiger partial charge in [0, 0.05) is 30.7 Å². The molecule has 0 saturated carbocycles. The lowest BCUT2D eigenvalue weighted by Gasteiger charge is -2.35. The lowest BCUT2D eigenvalue weighted by molar-refractivity contribution is -0.144. The summed E-state index contributed by atoms with van der Waals surface area (Å²) >= 11 is 0. The summed E-state index contributed by atoms with van der Waals surface area (Å²) in [7, 11) is 0. The highest BCUT2D eigenvalue weighted by atomic mass is 16.4. The van der Waals surface area contributed by atoms with E-state index >= 15 is 0 Å². The monoisotopic (exact) mass is 356 g/mol. The molecule has 0 aromatic carbocycles. The number of aliphatic carboxylic acids is 1. The molecule has 2 aromatic rings. The van der Waals surface area contributed by atoms with Gasteiger partial charge in [-0.05, 0) is 61.9 Å². The minimum absolute atomic E-state index is 0.484. The minimum atomic E-state index is -0.796. The average molecular weight is 356 g/mol. The first-order valence-corrected chi connectivity index (χ1v) is 9.43. The second-order valence-corrected chi connectivity index (χ2v) is 7.55. The first-order chi connectivity index (χ1) is 12.5. The van der Waals surface area contributed by atoms with E-state index in [-0.39, 0.29) is 0 Å². The van der Waals surface area contributed by atoms with Crippen LogP contribution in [0, 0.1) is 5.92 Å². The molecule has 0 unspecified atom stereocenters. The number of carboxylic acid groups (broad SMARTS) is 1. The fraction of sp³-hybridized carbons (Fsp3) is 0.550. The molecular formula is C20H28N4O2. The second kappa shape index (κ2) is 8.45. The second-order valence-electron chi connectivity index (χ2n) is 7.55. The zero-order valence-corrected chi connectivity index (χ0v) is 15.6. The average Bonchev–Trinajstić information content (AvgIpc) is 3.09. The molecule has 1 aliphatic heterocycles. The SMILES string of the molecule is CC(C)CCn1cc([C@@H](C(=O)O)N2CCC(c3ccncc3)CC2)cn1. The highest BCUT2D eigenvalue weighted by Crippen LogP contribution is 2.32. The maximum absolute atomic E-state index is 11.9. The van der Waals surface area contributed by atoms with Crippen LogP contribution in [-0.4, -0.2) is 43.8 Å². The molecule has 1 saturated heterocycles. The molecule has 0 spiro atoms. The van der Waals surface area contributed by atoms with Crippen LogP contribution in [0.4, 0.5) is 0 Å². The predicted octanol–water partition coefficient (Wildman–Crippen LogP) is 3.33. The van der Waals surface area contributed by atoms with Crippen LogP contribution in [0.5, 0.6) is 0 Å². The van der Waals surface area contributed by atoms with Gasteiger partial charge in [0.15, 0.2) is 0 Å². The van der Waals surface area contributed by atoms with E-state index in [4.69, 9.17) is 0 Å². The number of pyridine rings is 1. The largest absolute Gasteiger partial charge is 0.480 e. The number of hydrogen-bond acceptors (Lipinski definition) is 4. The van der Waals surface area contributed by atoms with Crippen LogP contribution in [0.1, 0.15) is 56.2 Å². The van der Waals surface area contributed by atoms with Crippen LogP contribution in [0.25, 0.3) is 0 Å². The summed E-state index contributed by atoms with van der Waals surface area (Å²) in [6, 6.07) is 3.52. The number of aryl methyl sites for hydroxylation is 1. The number of carboxylic acids is 1. The minimum Gasteiger partial charge on any atom is -0.480 e. The number of aromatic nitrogens is 3. The third-order valence-corrected chi connectivity index (χ3v) is 5.21. The number of hydrogen-bond donors (Lipinski definition) is 1. The molecule has 140 valence electrons. The topological polar surface area (TPSA) is 71.2 Å². The molecule has 6 nitrogen and oxygen atoms in total. The van der Waals surface area contributed by atoms with E-state index in [2.05, 4.69) is 41.0 Å². The van der Waals surface area contributed by atoms with Crippen LogP contribution in [-0.2, 0) is 11.3 Å². The van der Waals surface area contributed by atoms with Crippen molar-refractivity contribution in [3.63, 3.8) is 0 Å². The van der Waals surface area contributed by atoms with E-state index < -0.39 is 12.0 Å². The zero-order chi connectivity index (χ0) is 18.5. The van der Waals surface area contributed by atoms with Gasteiger partial charge in [0.2, 0.25) is 0 Å². The molecular weight excluding hydrogens is 328 g/mol.